The van der Waals surface area contributed by atoms with Crippen LogP contribution in [0.5, 0.6) is 0 Å². The number of rotatable bonds is 4. The summed E-state index contributed by atoms with van der Waals surface area (Å²) >= 11 is 0. The molecule has 8 aromatic rings. The third-order valence-electron chi connectivity index (χ3n) is 9.85. The van der Waals surface area contributed by atoms with Crippen LogP contribution in [-0.4, -0.2) is 9.13 Å². The maximum Gasteiger partial charge on any atom is 0.0992 e. The van der Waals surface area contributed by atoms with Gasteiger partial charge in [-0.05, 0) is 96.3 Å². The lowest BCUT2D eigenvalue weighted by Gasteiger charge is -2.16. The van der Waals surface area contributed by atoms with Crippen molar-refractivity contribution in [2.24, 2.45) is 0 Å². The molecule has 0 saturated heterocycles. The molecule has 0 radical (unpaired) electrons. The average Bonchev–Trinajstić information content (AvgIpc) is 3.70. The van der Waals surface area contributed by atoms with Gasteiger partial charge in [0.15, 0.2) is 0 Å². The molecule has 9 rings (SSSR count). The van der Waals surface area contributed by atoms with E-state index in [0.29, 0.717) is 16.7 Å². The minimum absolute atomic E-state index is 0.573. The molecule has 0 atom stereocenters. The van der Waals surface area contributed by atoms with Crippen molar-refractivity contribution in [3.05, 3.63) is 161 Å². The van der Waals surface area contributed by atoms with Gasteiger partial charge in [0.05, 0.1) is 57.1 Å². The lowest BCUT2D eigenvalue weighted by molar-refractivity contribution is 0.888. The van der Waals surface area contributed by atoms with Crippen molar-refractivity contribution in [1.29, 1.82) is 15.8 Å². The topological polar surface area (TPSA) is 81.2 Å². The third kappa shape index (κ3) is 4.52. The fourth-order valence-electron chi connectivity index (χ4n) is 7.61. The standard InChI is InChI=1S/C45H27N5/c46-26-29-13-19-44(50-43-12-6-3-9-38(43)40-24-30(27-47)14-20-45(40)50)39(23-29)33-17-15-32(16-18-33)34-21-31(28-48)22-35(25-34)49-41-10-4-1-7-36(41)37-8-2-5-11-42(37)49/h1-4,6-10,12-25H,5,11H2. The Balaban J connectivity index is 1.19. The van der Waals surface area contributed by atoms with Gasteiger partial charge in [0.1, 0.15) is 0 Å². The van der Waals surface area contributed by atoms with Crippen LogP contribution >= 0.6 is 0 Å². The van der Waals surface area contributed by atoms with Crippen molar-refractivity contribution in [3.8, 4) is 51.8 Å². The third-order valence-corrected chi connectivity index (χ3v) is 9.85. The van der Waals surface area contributed by atoms with E-state index in [9.17, 15) is 15.8 Å². The summed E-state index contributed by atoms with van der Waals surface area (Å²) in [6.07, 6.45) is 6.39. The molecule has 0 N–H and O–H groups in total. The highest BCUT2D eigenvalue weighted by Gasteiger charge is 2.20. The molecule has 0 bridgehead atoms. The second-order valence-corrected chi connectivity index (χ2v) is 12.7. The second kappa shape index (κ2) is 11.5. The van der Waals surface area contributed by atoms with Gasteiger partial charge in [0.25, 0.3) is 0 Å². The van der Waals surface area contributed by atoms with Gasteiger partial charge >= 0.3 is 0 Å². The number of nitrogens with zero attached hydrogens (tertiary/aromatic N) is 5. The molecule has 5 nitrogen and oxygen atoms in total. The molecule has 0 fully saturated rings. The van der Waals surface area contributed by atoms with Gasteiger partial charge < -0.3 is 9.13 Å². The number of hydrogen-bond donors (Lipinski definition) is 0. The van der Waals surface area contributed by atoms with Crippen molar-refractivity contribution < 1.29 is 0 Å². The Morgan fingerprint density at radius 3 is 1.94 bits per heavy atom. The zero-order chi connectivity index (χ0) is 33.8. The molecule has 1 aliphatic carbocycles. The van der Waals surface area contributed by atoms with Crippen LogP contribution < -0.4 is 0 Å². The summed E-state index contributed by atoms with van der Waals surface area (Å²) in [6.45, 7) is 0. The highest BCUT2D eigenvalue weighted by molar-refractivity contribution is 6.10. The molecule has 0 aliphatic heterocycles. The molecule has 6 aromatic carbocycles. The highest BCUT2D eigenvalue weighted by atomic mass is 15.0. The van der Waals surface area contributed by atoms with Gasteiger partial charge in [0, 0.05) is 38.7 Å². The monoisotopic (exact) mass is 637 g/mol. The number of aromatic nitrogens is 2. The molecular formula is C45H27N5. The molecule has 2 heterocycles. The van der Waals surface area contributed by atoms with Crippen molar-refractivity contribution in [2.45, 2.75) is 12.8 Å². The minimum atomic E-state index is 0.573. The van der Waals surface area contributed by atoms with Crippen LogP contribution in [0.4, 0.5) is 0 Å². The Labute approximate surface area is 289 Å². The van der Waals surface area contributed by atoms with E-state index in [2.05, 4.69) is 106 Å². The molecule has 0 saturated carbocycles. The molecule has 1 aliphatic rings. The summed E-state index contributed by atoms with van der Waals surface area (Å²) < 4.78 is 4.54. The van der Waals surface area contributed by atoms with E-state index < -0.39 is 0 Å². The van der Waals surface area contributed by atoms with Crippen LogP contribution in [-0.2, 0) is 6.42 Å². The summed E-state index contributed by atoms with van der Waals surface area (Å²) in [6, 6.07) is 49.8. The van der Waals surface area contributed by atoms with E-state index in [-0.39, 0.29) is 0 Å². The summed E-state index contributed by atoms with van der Waals surface area (Å²) in [5.41, 5.74) is 13.2. The first kappa shape index (κ1) is 29.0. The normalized spacial score (nSPS) is 12.1. The van der Waals surface area contributed by atoms with E-state index in [1.54, 1.807) is 0 Å². The predicted molar refractivity (Wildman–Crippen MR) is 200 cm³/mol. The van der Waals surface area contributed by atoms with E-state index in [1.165, 1.54) is 16.6 Å². The van der Waals surface area contributed by atoms with Gasteiger partial charge in [-0.15, -0.1) is 0 Å². The Morgan fingerprint density at radius 2 is 1.16 bits per heavy atom. The number of para-hydroxylation sites is 2. The van der Waals surface area contributed by atoms with E-state index in [1.807, 2.05) is 60.7 Å². The summed E-state index contributed by atoms with van der Waals surface area (Å²) in [5, 5.41) is 32.9. The van der Waals surface area contributed by atoms with Crippen molar-refractivity contribution in [2.75, 3.05) is 0 Å². The molecule has 0 amide bonds. The van der Waals surface area contributed by atoms with E-state index in [0.717, 1.165) is 73.8 Å². The summed E-state index contributed by atoms with van der Waals surface area (Å²) in [4.78, 5) is 0. The summed E-state index contributed by atoms with van der Waals surface area (Å²) in [5.74, 6) is 0. The van der Waals surface area contributed by atoms with Gasteiger partial charge in [-0.1, -0.05) is 72.8 Å². The van der Waals surface area contributed by atoms with Gasteiger partial charge in [0.2, 0.25) is 0 Å². The van der Waals surface area contributed by atoms with Crippen molar-refractivity contribution in [1.82, 2.24) is 9.13 Å². The molecule has 232 valence electrons. The van der Waals surface area contributed by atoms with Crippen molar-refractivity contribution >= 4 is 38.8 Å². The van der Waals surface area contributed by atoms with Crippen LogP contribution in [0.25, 0.3) is 72.4 Å². The number of nitriles is 3. The lowest BCUT2D eigenvalue weighted by atomic mass is 9.96. The van der Waals surface area contributed by atoms with E-state index in [4.69, 9.17) is 0 Å². The number of allylic oxidation sites excluding steroid dienone is 1. The van der Waals surface area contributed by atoms with Gasteiger partial charge in [-0.25, -0.2) is 0 Å². The van der Waals surface area contributed by atoms with Crippen LogP contribution in [0.2, 0.25) is 0 Å². The van der Waals surface area contributed by atoms with Crippen LogP contribution in [0, 0.1) is 34.0 Å². The zero-order valence-corrected chi connectivity index (χ0v) is 26.9. The molecule has 50 heavy (non-hydrogen) atoms. The van der Waals surface area contributed by atoms with Crippen LogP contribution in [0.1, 0.15) is 34.4 Å². The van der Waals surface area contributed by atoms with E-state index >= 15 is 0 Å². The first-order chi connectivity index (χ1) is 24.6. The Bertz CT molecular complexity index is 2840. The molecular weight excluding hydrogens is 611 g/mol. The Hall–Kier alpha value is -7.13. The van der Waals surface area contributed by atoms with Gasteiger partial charge in [-0.2, -0.15) is 15.8 Å². The zero-order valence-electron chi connectivity index (χ0n) is 26.9. The molecule has 0 spiro atoms. The molecule has 2 aromatic heterocycles. The van der Waals surface area contributed by atoms with Crippen LogP contribution in [0.3, 0.4) is 0 Å². The minimum Gasteiger partial charge on any atom is -0.313 e. The Kier molecular flexibility index (Phi) is 6.70. The highest BCUT2D eigenvalue weighted by Crippen LogP contribution is 2.39. The first-order valence-electron chi connectivity index (χ1n) is 16.6. The molecule has 0 unspecified atom stereocenters. The largest absolute Gasteiger partial charge is 0.313 e. The van der Waals surface area contributed by atoms with Crippen molar-refractivity contribution in [3.63, 3.8) is 0 Å². The number of fused-ring (bicyclic) bond motifs is 6. The number of hydrogen-bond acceptors (Lipinski definition) is 3. The second-order valence-electron chi connectivity index (χ2n) is 12.7. The fourth-order valence-corrected chi connectivity index (χ4v) is 7.61. The summed E-state index contributed by atoms with van der Waals surface area (Å²) in [7, 11) is 0. The Morgan fingerprint density at radius 1 is 0.500 bits per heavy atom. The predicted octanol–water partition coefficient (Wildman–Crippen LogP) is 10.6. The lowest BCUT2D eigenvalue weighted by Crippen LogP contribution is -2.03. The quantitative estimate of drug-likeness (QED) is 0.193. The fraction of sp³-hybridized carbons (Fsp3) is 0.0444. The average molecular weight is 638 g/mol. The SMILES string of the molecule is N#Cc1cc(-c2ccc(-c3cc(C#N)ccc3-n3c4ccccc4c4cc(C#N)ccc43)cc2)cc(-n2c3c(c4ccccc42)C=CCC3)c1. The smallest absolute Gasteiger partial charge is 0.0992 e. The maximum atomic E-state index is 10.1. The van der Waals surface area contributed by atoms with Gasteiger partial charge in [-0.3, -0.25) is 0 Å². The van der Waals surface area contributed by atoms with Crippen LogP contribution in [0.15, 0.2) is 133 Å². The molecule has 5 heteroatoms. The maximum absolute atomic E-state index is 10.1. The number of benzene rings is 6. The first-order valence-corrected chi connectivity index (χ1v) is 16.6.